The van der Waals surface area contributed by atoms with Gasteiger partial charge >= 0.3 is 5.97 Å². The van der Waals surface area contributed by atoms with Gasteiger partial charge in [0.2, 0.25) is 0 Å². The minimum Gasteiger partial charge on any atom is -0.464 e. The van der Waals surface area contributed by atoms with Crippen LogP contribution in [0.2, 0.25) is 5.02 Å². The summed E-state index contributed by atoms with van der Waals surface area (Å²) in [4.78, 5) is 31.6. The number of hydrogen-bond acceptors (Lipinski definition) is 4. The summed E-state index contributed by atoms with van der Waals surface area (Å²) in [5.74, 6) is -0.881. The number of ether oxygens (including phenoxy) is 1. The molecule has 0 radical (unpaired) electrons. The molecule has 1 amide bonds. The van der Waals surface area contributed by atoms with Gasteiger partial charge in [-0.2, -0.15) is 0 Å². The van der Waals surface area contributed by atoms with Gasteiger partial charge in [0, 0.05) is 38.4 Å². The normalized spacial score (nSPS) is 19.2. The summed E-state index contributed by atoms with van der Waals surface area (Å²) in [7, 11) is 0. The predicted molar refractivity (Wildman–Crippen MR) is 104 cm³/mol. The lowest BCUT2D eigenvalue weighted by Gasteiger charge is -2.25. The van der Waals surface area contributed by atoms with Gasteiger partial charge in [-0.3, -0.25) is 4.79 Å². The van der Waals surface area contributed by atoms with Crippen LogP contribution in [0.3, 0.4) is 0 Å². The Bertz CT molecular complexity index is 948. The van der Waals surface area contributed by atoms with E-state index in [1.54, 1.807) is 23.6 Å². The average molecular weight is 504 g/mol. The highest BCUT2D eigenvalue weighted by molar-refractivity contribution is 14.1. The number of carbonyl (C=O) groups is 2. The second-order valence-corrected chi connectivity index (χ2v) is 8.18. The van der Waals surface area contributed by atoms with E-state index in [1.165, 1.54) is 11.2 Å². The molecule has 9 heteroatoms. The number of esters is 1. The summed E-state index contributed by atoms with van der Waals surface area (Å²) in [6.45, 7) is 2.25. The van der Waals surface area contributed by atoms with Gasteiger partial charge in [-0.1, -0.05) is 11.6 Å². The quantitative estimate of drug-likeness (QED) is 0.475. The molecule has 0 spiro atoms. The Labute approximate surface area is 173 Å². The van der Waals surface area contributed by atoms with Crippen LogP contribution in [0.15, 0.2) is 18.5 Å². The average Bonchev–Trinajstić information content (AvgIpc) is 3.24. The van der Waals surface area contributed by atoms with Crippen molar-refractivity contribution in [3.63, 3.8) is 0 Å². The van der Waals surface area contributed by atoms with Crippen LogP contribution >= 0.6 is 34.2 Å². The van der Waals surface area contributed by atoms with Crippen LogP contribution in [0, 0.1) is 3.57 Å². The lowest BCUT2D eigenvalue weighted by Crippen LogP contribution is -2.36. The molecule has 4 rings (SSSR count). The maximum absolute atomic E-state index is 13.8. The Morgan fingerprint density at radius 2 is 2.30 bits per heavy atom. The van der Waals surface area contributed by atoms with Crippen molar-refractivity contribution in [2.24, 2.45) is 0 Å². The summed E-state index contributed by atoms with van der Waals surface area (Å²) in [6, 6.07) is 2.50. The third kappa shape index (κ3) is 3.12. The molecule has 2 atom stereocenters. The van der Waals surface area contributed by atoms with Crippen molar-refractivity contribution >= 4 is 46.1 Å². The van der Waals surface area contributed by atoms with E-state index in [4.69, 9.17) is 16.3 Å². The zero-order chi connectivity index (χ0) is 19.3. The summed E-state index contributed by atoms with van der Waals surface area (Å²) >= 11 is 8.41. The van der Waals surface area contributed by atoms with Crippen molar-refractivity contribution in [3.05, 3.63) is 49.6 Å². The van der Waals surface area contributed by atoms with Crippen molar-refractivity contribution in [2.75, 3.05) is 6.61 Å². The third-order valence-corrected chi connectivity index (χ3v) is 5.81. The molecule has 0 saturated carbocycles. The number of alkyl halides is 1. The number of carbonyl (C=O) groups excluding carboxylic acids is 2. The van der Waals surface area contributed by atoms with E-state index in [2.05, 4.69) is 27.6 Å². The fourth-order valence-electron chi connectivity index (χ4n) is 3.69. The molecule has 1 aromatic heterocycles. The van der Waals surface area contributed by atoms with Gasteiger partial charge in [0.15, 0.2) is 6.04 Å². The van der Waals surface area contributed by atoms with E-state index in [-0.39, 0.29) is 32.0 Å². The molecule has 142 valence electrons. The smallest absolute Gasteiger partial charge is 0.335 e. The first-order valence-corrected chi connectivity index (χ1v) is 9.99. The Morgan fingerprint density at radius 3 is 3.04 bits per heavy atom. The number of benzene rings is 1. The molecule has 2 aromatic rings. The Hall–Kier alpha value is -1.68. The fraction of sp³-hybridized carbons (Fsp3) is 0.389. The number of halogens is 3. The van der Waals surface area contributed by atoms with Crippen LogP contribution in [-0.2, 0) is 29.0 Å². The van der Waals surface area contributed by atoms with Crippen molar-refractivity contribution in [2.45, 2.75) is 38.6 Å². The van der Waals surface area contributed by atoms with Gasteiger partial charge in [0.1, 0.15) is 6.17 Å². The van der Waals surface area contributed by atoms with Crippen LogP contribution in [0.1, 0.15) is 40.3 Å². The lowest BCUT2D eigenvalue weighted by atomic mass is 10.1. The first-order valence-electron chi connectivity index (χ1n) is 8.54. The monoisotopic (exact) mass is 503 g/mol. The van der Waals surface area contributed by atoms with E-state index in [9.17, 15) is 14.0 Å². The Kier molecular flexibility index (Phi) is 4.87. The molecular formula is C18H16ClFIN3O3. The summed E-state index contributed by atoms with van der Waals surface area (Å²) < 4.78 is 21.6. The van der Waals surface area contributed by atoms with Gasteiger partial charge in [-0.05, 0) is 41.6 Å². The first-order chi connectivity index (χ1) is 12.9. The molecular weight excluding hydrogens is 488 g/mol. The van der Waals surface area contributed by atoms with Crippen LogP contribution in [-0.4, -0.2) is 39.1 Å². The summed E-state index contributed by atoms with van der Waals surface area (Å²) in [6.07, 6.45) is 0.658. The largest absolute Gasteiger partial charge is 0.464 e. The Morgan fingerprint density at radius 1 is 1.52 bits per heavy atom. The van der Waals surface area contributed by atoms with Gasteiger partial charge in [0.25, 0.3) is 5.91 Å². The molecule has 6 nitrogen and oxygen atoms in total. The van der Waals surface area contributed by atoms with Gasteiger partial charge in [-0.15, -0.1) is 0 Å². The van der Waals surface area contributed by atoms with Crippen LogP contribution in [0.5, 0.6) is 0 Å². The molecule has 0 N–H and O–H groups in total. The van der Waals surface area contributed by atoms with Gasteiger partial charge in [-0.25, -0.2) is 14.2 Å². The number of amides is 1. The zero-order valence-corrected chi connectivity index (χ0v) is 17.3. The molecule has 3 heterocycles. The number of fused-ring (bicyclic) bond motifs is 2. The predicted octanol–water partition coefficient (Wildman–Crippen LogP) is 3.30. The molecule has 1 unspecified atom stereocenters. The number of hydrogen-bond donors (Lipinski definition) is 0. The van der Waals surface area contributed by atoms with E-state index < -0.39 is 18.2 Å². The van der Waals surface area contributed by atoms with E-state index >= 15 is 0 Å². The van der Waals surface area contributed by atoms with Gasteiger partial charge in [0.05, 0.1) is 25.2 Å². The van der Waals surface area contributed by atoms with Crippen molar-refractivity contribution in [1.82, 2.24) is 14.5 Å². The molecule has 1 aromatic carbocycles. The zero-order valence-electron chi connectivity index (χ0n) is 14.4. The minimum absolute atomic E-state index is 0.166. The third-order valence-electron chi connectivity index (χ3n) is 4.85. The highest BCUT2D eigenvalue weighted by Crippen LogP contribution is 2.38. The molecule has 2 aliphatic rings. The number of imidazole rings is 1. The van der Waals surface area contributed by atoms with E-state index in [0.29, 0.717) is 27.5 Å². The maximum atomic E-state index is 13.8. The Balaban J connectivity index is 1.77. The number of rotatable bonds is 4. The number of aromatic nitrogens is 2. The molecule has 0 fully saturated rings. The molecule has 2 aliphatic heterocycles. The second-order valence-electron chi connectivity index (χ2n) is 6.53. The lowest BCUT2D eigenvalue weighted by molar-refractivity contribution is -0.149. The molecule has 0 bridgehead atoms. The first kappa shape index (κ1) is 18.7. The maximum Gasteiger partial charge on any atom is 0.335 e. The minimum atomic E-state index is -1.03. The number of nitrogens with zero attached hydrogens (tertiary/aromatic N) is 3. The van der Waals surface area contributed by atoms with E-state index in [1.807, 2.05) is 0 Å². The van der Waals surface area contributed by atoms with Crippen LogP contribution in [0.4, 0.5) is 4.39 Å². The fourth-order valence-corrected chi connectivity index (χ4v) is 4.77. The van der Waals surface area contributed by atoms with Crippen molar-refractivity contribution in [1.29, 1.82) is 0 Å². The molecule has 0 saturated heterocycles. The van der Waals surface area contributed by atoms with E-state index in [0.717, 1.165) is 3.57 Å². The van der Waals surface area contributed by atoms with Gasteiger partial charge < -0.3 is 14.2 Å². The molecule has 0 aliphatic carbocycles. The molecule has 27 heavy (non-hydrogen) atoms. The van der Waals surface area contributed by atoms with Crippen molar-refractivity contribution in [3.8, 4) is 0 Å². The summed E-state index contributed by atoms with van der Waals surface area (Å²) in [5.41, 5.74) is 2.15. The standard InChI is InChI=1S/C18H16ClFIN3O3/c1-2-27-18(26)16(15-14-3-9(20)6-23(14)8-22-15)24-7-12-11(17(24)25)4-10(21)5-13(12)19/h4-5,8-9,16H,2-3,6-7H2,1H3/t9-,16?/m1/s1. The SMILES string of the molecule is CCOC(=O)C(c1ncn2c1C[C@@H](F)C2)N1Cc2c(Cl)cc(I)cc2C1=O. The second kappa shape index (κ2) is 7.05. The highest BCUT2D eigenvalue weighted by Gasteiger charge is 2.43. The van der Waals surface area contributed by atoms with Crippen LogP contribution < -0.4 is 0 Å². The highest BCUT2D eigenvalue weighted by atomic mass is 127. The topological polar surface area (TPSA) is 64.4 Å². The van der Waals surface area contributed by atoms with Crippen molar-refractivity contribution < 1.29 is 18.7 Å². The van der Waals surface area contributed by atoms with Crippen LogP contribution in [0.25, 0.3) is 0 Å². The summed E-state index contributed by atoms with van der Waals surface area (Å²) in [5, 5.41) is 0.481.